The third-order valence-electron chi connectivity index (χ3n) is 3.24. The lowest BCUT2D eigenvalue weighted by Gasteiger charge is -2.14. The summed E-state index contributed by atoms with van der Waals surface area (Å²) < 4.78 is 41.0. The first kappa shape index (κ1) is 14.2. The Hall–Kier alpha value is -1.23. The van der Waals surface area contributed by atoms with Gasteiger partial charge in [-0.2, -0.15) is 13.2 Å². The van der Waals surface area contributed by atoms with Crippen LogP contribution in [-0.4, -0.2) is 19.3 Å². The largest absolute Gasteiger partial charge is 0.484 e. The molecule has 1 aromatic carbocycles. The van der Waals surface area contributed by atoms with Crippen LogP contribution in [-0.2, 0) is 6.42 Å². The highest BCUT2D eigenvalue weighted by Gasteiger charge is 2.29. The van der Waals surface area contributed by atoms with Gasteiger partial charge in [0.2, 0.25) is 0 Å². The number of ether oxygens (including phenoxy) is 1. The van der Waals surface area contributed by atoms with E-state index in [-0.39, 0.29) is 0 Å². The molecule has 1 N–H and O–H groups in total. The van der Waals surface area contributed by atoms with E-state index in [1.165, 1.54) is 5.56 Å². The van der Waals surface area contributed by atoms with Crippen LogP contribution in [0, 0.1) is 0 Å². The average Bonchev–Trinajstić information content (AvgIpc) is 2.75. The zero-order valence-electron chi connectivity index (χ0n) is 10.9. The molecule has 19 heavy (non-hydrogen) atoms. The Kier molecular flexibility index (Phi) is 4.34. The summed E-state index contributed by atoms with van der Waals surface area (Å²) in [5.41, 5.74) is 2.28. The van der Waals surface area contributed by atoms with Crippen molar-refractivity contribution >= 4 is 0 Å². The molecule has 1 aliphatic carbocycles. The lowest BCUT2D eigenvalue weighted by molar-refractivity contribution is -0.153. The SMILES string of the molecule is CCCNC1CCc2cc(OCC(F)(F)F)ccc21. The molecule has 5 heteroatoms. The van der Waals surface area contributed by atoms with Gasteiger partial charge in [-0.25, -0.2) is 0 Å². The molecule has 0 saturated heterocycles. The van der Waals surface area contributed by atoms with E-state index in [0.29, 0.717) is 11.8 Å². The van der Waals surface area contributed by atoms with Crippen LogP contribution in [0.25, 0.3) is 0 Å². The van der Waals surface area contributed by atoms with Crippen molar-refractivity contribution in [2.75, 3.05) is 13.2 Å². The highest BCUT2D eigenvalue weighted by molar-refractivity contribution is 5.40. The van der Waals surface area contributed by atoms with Gasteiger partial charge in [0.05, 0.1) is 0 Å². The van der Waals surface area contributed by atoms with Crippen LogP contribution in [0.2, 0.25) is 0 Å². The smallest absolute Gasteiger partial charge is 0.422 e. The molecule has 2 rings (SSSR count). The van der Waals surface area contributed by atoms with E-state index in [0.717, 1.165) is 31.4 Å². The second-order valence-corrected chi connectivity index (χ2v) is 4.81. The van der Waals surface area contributed by atoms with Crippen molar-refractivity contribution in [2.24, 2.45) is 0 Å². The van der Waals surface area contributed by atoms with Crippen molar-refractivity contribution in [2.45, 2.75) is 38.4 Å². The van der Waals surface area contributed by atoms with E-state index < -0.39 is 12.8 Å². The molecular formula is C14H18F3NO. The first-order valence-corrected chi connectivity index (χ1v) is 6.55. The van der Waals surface area contributed by atoms with Gasteiger partial charge in [-0.1, -0.05) is 13.0 Å². The number of nitrogens with one attached hydrogen (secondary N) is 1. The van der Waals surface area contributed by atoms with Gasteiger partial charge in [-0.15, -0.1) is 0 Å². The molecule has 0 fully saturated rings. The summed E-state index contributed by atoms with van der Waals surface area (Å²) in [5.74, 6) is 0.298. The molecule has 0 heterocycles. The molecule has 1 unspecified atom stereocenters. The maximum absolute atomic E-state index is 12.1. The maximum Gasteiger partial charge on any atom is 0.422 e. The van der Waals surface area contributed by atoms with E-state index in [9.17, 15) is 13.2 Å². The fraction of sp³-hybridized carbons (Fsp3) is 0.571. The van der Waals surface area contributed by atoms with E-state index in [1.54, 1.807) is 12.1 Å². The van der Waals surface area contributed by atoms with Gasteiger partial charge in [0.25, 0.3) is 0 Å². The Balaban J connectivity index is 2.01. The van der Waals surface area contributed by atoms with Crippen LogP contribution >= 0.6 is 0 Å². The van der Waals surface area contributed by atoms with Crippen molar-refractivity contribution in [3.05, 3.63) is 29.3 Å². The topological polar surface area (TPSA) is 21.3 Å². The molecule has 0 bridgehead atoms. The summed E-state index contributed by atoms with van der Waals surface area (Å²) in [6, 6.07) is 5.55. The molecule has 1 aromatic rings. The summed E-state index contributed by atoms with van der Waals surface area (Å²) in [4.78, 5) is 0. The van der Waals surface area contributed by atoms with Crippen molar-refractivity contribution in [3.8, 4) is 5.75 Å². The highest BCUT2D eigenvalue weighted by Crippen LogP contribution is 2.33. The number of benzene rings is 1. The Morgan fingerprint density at radius 2 is 2.16 bits per heavy atom. The van der Waals surface area contributed by atoms with Crippen LogP contribution in [0.1, 0.15) is 36.9 Å². The van der Waals surface area contributed by atoms with Gasteiger partial charge in [-0.05, 0) is 49.1 Å². The van der Waals surface area contributed by atoms with Crippen molar-refractivity contribution in [3.63, 3.8) is 0 Å². The summed E-state index contributed by atoms with van der Waals surface area (Å²) in [5, 5.41) is 3.44. The van der Waals surface area contributed by atoms with Crippen LogP contribution in [0.4, 0.5) is 13.2 Å². The van der Waals surface area contributed by atoms with Gasteiger partial charge in [-0.3, -0.25) is 0 Å². The van der Waals surface area contributed by atoms with E-state index in [4.69, 9.17) is 4.74 Å². The van der Waals surface area contributed by atoms with E-state index in [1.807, 2.05) is 6.07 Å². The second kappa shape index (κ2) is 5.82. The molecule has 0 spiro atoms. The van der Waals surface area contributed by atoms with Gasteiger partial charge in [0, 0.05) is 6.04 Å². The third-order valence-corrected chi connectivity index (χ3v) is 3.24. The molecule has 0 amide bonds. The molecule has 1 atom stereocenters. The lowest BCUT2D eigenvalue weighted by Crippen LogP contribution is -2.20. The minimum absolute atomic E-state index is 0.298. The standard InChI is InChI=1S/C14H18F3NO/c1-2-7-18-13-6-3-10-8-11(4-5-12(10)13)19-9-14(15,16)17/h4-5,8,13,18H,2-3,6-7,9H2,1H3. The molecule has 0 aromatic heterocycles. The molecule has 1 aliphatic rings. The third kappa shape index (κ3) is 3.86. The highest BCUT2D eigenvalue weighted by atomic mass is 19.4. The van der Waals surface area contributed by atoms with Crippen LogP contribution in [0.5, 0.6) is 5.75 Å². The number of aryl methyl sites for hydroxylation is 1. The van der Waals surface area contributed by atoms with Gasteiger partial charge in [0.15, 0.2) is 6.61 Å². The normalized spacial score (nSPS) is 18.4. The molecular weight excluding hydrogens is 255 g/mol. The number of halogens is 3. The fourth-order valence-electron chi connectivity index (χ4n) is 2.38. The minimum atomic E-state index is -4.29. The number of fused-ring (bicyclic) bond motifs is 1. The lowest BCUT2D eigenvalue weighted by atomic mass is 10.1. The van der Waals surface area contributed by atoms with E-state index >= 15 is 0 Å². The Morgan fingerprint density at radius 3 is 2.84 bits per heavy atom. The summed E-state index contributed by atoms with van der Waals surface area (Å²) in [6.45, 7) is 1.83. The Bertz CT molecular complexity index is 431. The van der Waals surface area contributed by atoms with Crippen molar-refractivity contribution in [1.82, 2.24) is 5.32 Å². The Morgan fingerprint density at radius 1 is 1.37 bits per heavy atom. The van der Waals surface area contributed by atoms with Crippen molar-refractivity contribution < 1.29 is 17.9 Å². The second-order valence-electron chi connectivity index (χ2n) is 4.81. The van der Waals surface area contributed by atoms with Crippen LogP contribution in [0.3, 0.4) is 0 Å². The van der Waals surface area contributed by atoms with Crippen LogP contribution in [0.15, 0.2) is 18.2 Å². The molecule has 0 radical (unpaired) electrons. The summed E-state index contributed by atoms with van der Waals surface area (Å²) in [7, 11) is 0. The van der Waals surface area contributed by atoms with Gasteiger partial charge < -0.3 is 10.1 Å². The quantitative estimate of drug-likeness (QED) is 0.884. The van der Waals surface area contributed by atoms with Gasteiger partial charge in [0.1, 0.15) is 5.75 Å². The maximum atomic E-state index is 12.1. The Labute approximate surface area is 111 Å². The number of alkyl halides is 3. The number of hydrogen-bond donors (Lipinski definition) is 1. The number of hydrogen-bond acceptors (Lipinski definition) is 2. The first-order chi connectivity index (χ1) is 8.99. The minimum Gasteiger partial charge on any atom is -0.484 e. The predicted octanol–water partition coefficient (Wildman–Crippen LogP) is 3.61. The zero-order valence-corrected chi connectivity index (χ0v) is 10.9. The van der Waals surface area contributed by atoms with E-state index in [2.05, 4.69) is 12.2 Å². The summed E-state index contributed by atoms with van der Waals surface area (Å²) >= 11 is 0. The first-order valence-electron chi connectivity index (χ1n) is 6.55. The van der Waals surface area contributed by atoms with Crippen molar-refractivity contribution in [1.29, 1.82) is 0 Å². The molecule has 2 nitrogen and oxygen atoms in total. The number of rotatable bonds is 5. The molecule has 0 aliphatic heterocycles. The summed E-state index contributed by atoms with van der Waals surface area (Å²) in [6.07, 6.45) is -1.33. The predicted molar refractivity (Wildman–Crippen MR) is 67.3 cm³/mol. The monoisotopic (exact) mass is 273 g/mol. The molecule has 0 saturated carbocycles. The van der Waals surface area contributed by atoms with Crippen LogP contribution < -0.4 is 10.1 Å². The average molecular weight is 273 g/mol. The fourth-order valence-corrected chi connectivity index (χ4v) is 2.38. The zero-order chi connectivity index (χ0) is 13.9. The van der Waals surface area contributed by atoms with Gasteiger partial charge >= 0.3 is 6.18 Å². The molecule has 106 valence electrons.